The highest BCUT2D eigenvalue weighted by Gasteiger charge is 2.34. The molecule has 0 aliphatic carbocycles. The molecule has 0 saturated heterocycles. The molecule has 0 N–H and O–H groups in total. The van der Waals surface area contributed by atoms with Crippen molar-refractivity contribution in [3.05, 3.63) is 102 Å². The van der Waals surface area contributed by atoms with E-state index in [4.69, 9.17) is 14.2 Å². The summed E-state index contributed by atoms with van der Waals surface area (Å²) in [5.74, 6) is -1.05. The van der Waals surface area contributed by atoms with Crippen molar-refractivity contribution in [1.82, 2.24) is 0 Å². The summed E-state index contributed by atoms with van der Waals surface area (Å²) >= 11 is 0. The normalized spacial score (nSPS) is 11.1. The van der Waals surface area contributed by atoms with Crippen LogP contribution in [0.4, 0.5) is 8.78 Å². The highest BCUT2D eigenvalue weighted by Crippen LogP contribution is 2.33. The van der Waals surface area contributed by atoms with E-state index in [-0.39, 0.29) is 30.1 Å². The molecule has 0 spiro atoms. The molecule has 0 bridgehead atoms. The molecular formula is C27H24F2O5. The van der Waals surface area contributed by atoms with Gasteiger partial charge in [-0.3, -0.25) is 0 Å². The molecule has 0 aliphatic rings. The maximum absolute atomic E-state index is 14.8. The average Bonchev–Trinajstić information content (AvgIpc) is 2.80. The highest BCUT2D eigenvalue weighted by molar-refractivity contribution is 5.87. The molecule has 34 heavy (non-hydrogen) atoms. The van der Waals surface area contributed by atoms with Gasteiger partial charge in [-0.2, -0.15) is 8.78 Å². The van der Waals surface area contributed by atoms with Gasteiger partial charge in [-0.1, -0.05) is 43.5 Å². The monoisotopic (exact) mass is 466 g/mol. The lowest BCUT2D eigenvalue weighted by Gasteiger charge is -2.19. The Labute approximate surface area is 196 Å². The molecule has 0 radical (unpaired) electrons. The Morgan fingerprint density at radius 3 is 1.85 bits per heavy atom. The van der Waals surface area contributed by atoms with Gasteiger partial charge < -0.3 is 14.2 Å². The minimum Gasteiger partial charge on any atom is -0.457 e. The molecule has 0 aromatic heterocycles. The average molecular weight is 466 g/mol. The Bertz CT molecular complexity index is 1250. The molecule has 176 valence electrons. The van der Waals surface area contributed by atoms with E-state index in [0.717, 1.165) is 10.9 Å². The predicted molar refractivity (Wildman–Crippen MR) is 124 cm³/mol. The fourth-order valence-electron chi connectivity index (χ4n) is 2.97. The molecule has 0 unspecified atom stereocenters. The summed E-state index contributed by atoms with van der Waals surface area (Å²) in [6.45, 7) is 10.2. The van der Waals surface area contributed by atoms with E-state index in [0.29, 0.717) is 16.5 Å². The Hall–Kier alpha value is -4.00. The smallest absolute Gasteiger partial charge is 0.426 e. The van der Waals surface area contributed by atoms with Crippen molar-refractivity contribution in [3.63, 3.8) is 0 Å². The van der Waals surface area contributed by atoms with Crippen molar-refractivity contribution < 1.29 is 32.6 Å². The van der Waals surface area contributed by atoms with E-state index in [1.807, 2.05) is 0 Å². The summed E-state index contributed by atoms with van der Waals surface area (Å²) in [7, 11) is 0. The number of halogens is 2. The number of hydrogen-bond donors (Lipinski definition) is 0. The van der Waals surface area contributed by atoms with Gasteiger partial charge in [-0.15, -0.1) is 0 Å². The zero-order valence-electron chi connectivity index (χ0n) is 18.9. The van der Waals surface area contributed by atoms with E-state index in [9.17, 15) is 18.4 Å². The number of fused-ring (bicyclic) bond motifs is 1. The summed E-state index contributed by atoms with van der Waals surface area (Å²) in [5.41, 5.74) is 1.62. The lowest BCUT2D eigenvalue weighted by Crippen LogP contribution is -2.21. The van der Waals surface area contributed by atoms with E-state index >= 15 is 0 Å². The van der Waals surface area contributed by atoms with Crippen LogP contribution in [0.1, 0.15) is 30.5 Å². The van der Waals surface area contributed by atoms with Gasteiger partial charge in [0.1, 0.15) is 19.0 Å². The molecule has 0 saturated carbocycles. The molecule has 0 amide bonds. The minimum atomic E-state index is -3.57. The van der Waals surface area contributed by atoms with Crippen molar-refractivity contribution in [3.8, 4) is 5.75 Å². The second-order valence-corrected chi connectivity index (χ2v) is 7.87. The summed E-state index contributed by atoms with van der Waals surface area (Å²) in [6, 6.07) is 15.2. The molecule has 0 atom stereocenters. The first-order valence-corrected chi connectivity index (χ1v) is 10.4. The summed E-state index contributed by atoms with van der Waals surface area (Å²) in [4.78, 5) is 23.0. The van der Waals surface area contributed by atoms with Gasteiger partial charge in [0.2, 0.25) is 0 Å². The van der Waals surface area contributed by atoms with Crippen molar-refractivity contribution in [2.75, 3.05) is 0 Å². The molecule has 3 aromatic rings. The van der Waals surface area contributed by atoms with Crippen LogP contribution >= 0.6 is 0 Å². The van der Waals surface area contributed by atoms with Crippen LogP contribution in [0.15, 0.2) is 85.0 Å². The number of esters is 2. The maximum atomic E-state index is 14.8. The van der Waals surface area contributed by atoms with Crippen LogP contribution in [0.3, 0.4) is 0 Å². The van der Waals surface area contributed by atoms with Gasteiger partial charge >= 0.3 is 18.0 Å². The van der Waals surface area contributed by atoms with Crippen molar-refractivity contribution in [2.45, 2.75) is 33.2 Å². The zero-order valence-corrected chi connectivity index (χ0v) is 18.9. The largest absolute Gasteiger partial charge is 0.457 e. The molecule has 0 aliphatic heterocycles. The lowest BCUT2D eigenvalue weighted by molar-refractivity contribution is -0.185. The Balaban J connectivity index is 1.68. The topological polar surface area (TPSA) is 61.8 Å². The quantitative estimate of drug-likeness (QED) is 0.277. The third kappa shape index (κ3) is 6.28. The molecule has 3 aromatic carbocycles. The van der Waals surface area contributed by atoms with Gasteiger partial charge in [0, 0.05) is 11.1 Å². The number of alkyl halides is 2. The van der Waals surface area contributed by atoms with Crippen molar-refractivity contribution in [1.29, 1.82) is 0 Å². The first-order chi connectivity index (χ1) is 16.0. The van der Waals surface area contributed by atoms with Gasteiger partial charge in [-0.25, -0.2) is 9.59 Å². The first kappa shape index (κ1) is 24.6. The molecule has 7 heteroatoms. The first-order valence-electron chi connectivity index (χ1n) is 10.4. The van der Waals surface area contributed by atoms with Crippen molar-refractivity contribution in [2.24, 2.45) is 0 Å². The molecule has 0 heterocycles. The molecule has 3 rings (SSSR count). The van der Waals surface area contributed by atoms with Crippen molar-refractivity contribution >= 4 is 22.7 Å². The molecular weight excluding hydrogens is 442 g/mol. The predicted octanol–water partition coefficient (Wildman–Crippen LogP) is 6.21. The fraction of sp³-hybridized carbons (Fsp3) is 0.185. The summed E-state index contributed by atoms with van der Waals surface area (Å²) in [6.07, 6.45) is -3.57. The summed E-state index contributed by atoms with van der Waals surface area (Å²) in [5, 5.41) is 1.31. The Kier molecular flexibility index (Phi) is 7.46. The Morgan fingerprint density at radius 2 is 1.26 bits per heavy atom. The maximum Gasteiger partial charge on any atom is 0.426 e. The van der Waals surface area contributed by atoms with E-state index in [1.54, 1.807) is 43.3 Å². The number of hydrogen-bond acceptors (Lipinski definition) is 5. The van der Waals surface area contributed by atoms with Crippen LogP contribution in [0.2, 0.25) is 0 Å². The fourth-order valence-corrected chi connectivity index (χ4v) is 2.97. The van der Waals surface area contributed by atoms with Crippen LogP contribution in [0.5, 0.6) is 5.75 Å². The van der Waals surface area contributed by atoms with E-state index in [2.05, 4.69) is 13.2 Å². The minimum absolute atomic E-state index is 0.00141. The highest BCUT2D eigenvalue weighted by atomic mass is 19.3. The van der Waals surface area contributed by atoms with E-state index < -0.39 is 18.0 Å². The number of rotatable bonds is 9. The third-order valence-corrected chi connectivity index (χ3v) is 4.85. The van der Waals surface area contributed by atoms with Crippen LogP contribution in [-0.4, -0.2) is 11.9 Å². The van der Waals surface area contributed by atoms with Gasteiger partial charge in [0.25, 0.3) is 0 Å². The Morgan fingerprint density at radius 1 is 0.765 bits per heavy atom. The van der Waals surface area contributed by atoms with Crippen LogP contribution in [0.25, 0.3) is 10.8 Å². The second kappa shape index (κ2) is 10.3. The molecule has 0 fully saturated rings. The number of benzene rings is 3. The number of carbonyl (C=O) groups is 2. The third-order valence-electron chi connectivity index (χ3n) is 4.85. The van der Waals surface area contributed by atoms with Gasteiger partial charge in [0.15, 0.2) is 0 Å². The molecule has 5 nitrogen and oxygen atoms in total. The van der Waals surface area contributed by atoms with Crippen LogP contribution in [-0.2, 0) is 38.4 Å². The summed E-state index contributed by atoms with van der Waals surface area (Å²) < 4.78 is 44.7. The number of ether oxygens (including phenoxy) is 3. The lowest BCUT2D eigenvalue weighted by atomic mass is 10.0. The standard InChI is InChI=1S/C27H24F2O5/c1-17(2)25(30)32-15-19-6-11-24(12-7-19)34-27(28,29)23-10-9-21-13-20(5-8-22(21)14-23)16-33-26(31)18(3)4/h5-14H,1,3,15-16H2,2,4H3. The van der Waals surface area contributed by atoms with Crippen LogP contribution in [0, 0.1) is 0 Å². The van der Waals surface area contributed by atoms with Gasteiger partial charge in [-0.05, 0) is 66.1 Å². The van der Waals surface area contributed by atoms with Crippen LogP contribution < -0.4 is 4.74 Å². The number of carbonyl (C=O) groups excluding carboxylic acids is 2. The van der Waals surface area contributed by atoms with Gasteiger partial charge in [0.05, 0.1) is 5.56 Å². The second-order valence-electron chi connectivity index (χ2n) is 7.87. The SMILES string of the molecule is C=C(C)C(=O)OCc1ccc(OC(F)(F)c2ccc3cc(COC(=O)C(=C)C)ccc3c2)cc1. The zero-order chi connectivity index (χ0) is 24.9. The van der Waals surface area contributed by atoms with E-state index in [1.165, 1.54) is 31.2 Å².